The molecule has 4 heterocycles. The molecule has 2 aromatic rings. The van der Waals surface area contributed by atoms with Crippen LogP contribution in [-0.2, 0) is 33.6 Å². The van der Waals surface area contributed by atoms with Crippen LogP contribution in [0.1, 0.15) is 55.3 Å². The highest BCUT2D eigenvalue weighted by Gasteiger charge is 2.32. The number of nitrogens with one attached hydrogen (secondary N) is 2. The molecule has 1 amide bonds. The maximum Gasteiger partial charge on any atom is 0.305 e. The molecule has 2 atom stereocenters. The standard InChI is InChI=1S/C30H40N4O3/c1-37-29(36)19-24(25-18-23-5-2-3-7-27(23)32-20-25)17-21-12-15-34(16-13-21)28(35)11-10-26-9-8-22-6-4-14-31-30(22)33-26/h2-3,5,7-9,21,24-25,32H,4,6,10-20H2,1H3,(H,31,33)/t24-,25+/m0/s1. The summed E-state index contributed by atoms with van der Waals surface area (Å²) in [5, 5.41) is 6.95. The third kappa shape index (κ3) is 6.43. The first-order valence-electron chi connectivity index (χ1n) is 14.0. The Labute approximate surface area is 220 Å². The van der Waals surface area contributed by atoms with Crippen molar-refractivity contribution in [1.29, 1.82) is 0 Å². The molecule has 1 saturated heterocycles. The average Bonchev–Trinajstić information content (AvgIpc) is 2.95. The van der Waals surface area contributed by atoms with Crippen molar-refractivity contribution in [1.82, 2.24) is 9.88 Å². The molecule has 0 radical (unpaired) electrons. The van der Waals surface area contributed by atoms with Crippen LogP contribution < -0.4 is 10.6 Å². The van der Waals surface area contributed by atoms with Crippen molar-refractivity contribution < 1.29 is 14.3 Å². The Hall–Kier alpha value is -3.09. The van der Waals surface area contributed by atoms with E-state index in [4.69, 9.17) is 9.72 Å². The maximum atomic E-state index is 13.0. The number of carbonyl (C=O) groups is 2. The van der Waals surface area contributed by atoms with Gasteiger partial charge in [0.05, 0.1) is 7.11 Å². The van der Waals surface area contributed by atoms with Crippen LogP contribution in [0.2, 0.25) is 0 Å². The minimum Gasteiger partial charge on any atom is -0.469 e. The van der Waals surface area contributed by atoms with Crippen molar-refractivity contribution in [3.05, 3.63) is 53.2 Å². The number of hydrogen-bond donors (Lipinski definition) is 2. The number of para-hydroxylation sites is 1. The zero-order chi connectivity index (χ0) is 25.6. The van der Waals surface area contributed by atoms with Crippen molar-refractivity contribution in [2.75, 3.05) is 43.9 Å². The number of benzene rings is 1. The van der Waals surface area contributed by atoms with E-state index >= 15 is 0 Å². The van der Waals surface area contributed by atoms with Gasteiger partial charge in [0.15, 0.2) is 0 Å². The molecule has 37 heavy (non-hydrogen) atoms. The van der Waals surface area contributed by atoms with E-state index in [1.165, 1.54) is 23.9 Å². The first-order chi connectivity index (χ1) is 18.1. The van der Waals surface area contributed by atoms with Gasteiger partial charge < -0.3 is 20.3 Å². The number of nitrogens with zero attached hydrogens (tertiary/aromatic N) is 2. The van der Waals surface area contributed by atoms with Crippen LogP contribution in [0.3, 0.4) is 0 Å². The number of amides is 1. The molecule has 0 aliphatic carbocycles. The van der Waals surface area contributed by atoms with Crippen molar-refractivity contribution in [3.8, 4) is 0 Å². The fourth-order valence-electron chi connectivity index (χ4n) is 6.29. The summed E-state index contributed by atoms with van der Waals surface area (Å²) >= 11 is 0. The van der Waals surface area contributed by atoms with E-state index < -0.39 is 0 Å². The van der Waals surface area contributed by atoms with E-state index in [9.17, 15) is 9.59 Å². The van der Waals surface area contributed by atoms with Gasteiger partial charge in [-0.2, -0.15) is 0 Å². The molecule has 1 aromatic carbocycles. The van der Waals surface area contributed by atoms with Gasteiger partial charge in [-0.15, -0.1) is 0 Å². The zero-order valence-corrected chi connectivity index (χ0v) is 22.0. The summed E-state index contributed by atoms with van der Waals surface area (Å²) in [6.45, 7) is 3.48. The number of aromatic nitrogens is 1. The highest BCUT2D eigenvalue weighted by Crippen LogP contribution is 2.36. The molecular formula is C30H40N4O3. The summed E-state index contributed by atoms with van der Waals surface area (Å²) in [6, 6.07) is 12.7. The van der Waals surface area contributed by atoms with Crippen LogP contribution in [0.25, 0.3) is 0 Å². The predicted octanol–water partition coefficient (Wildman–Crippen LogP) is 4.46. The Morgan fingerprint density at radius 1 is 1.11 bits per heavy atom. The van der Waals surface area contributed by atoms with Crippen LogP contribution in [0.4, 0.5) is 11.5 Å². The lowest BCUT2D eigenvalue weighted by Gasteiger charge is -2.37. The maximum absolute atomic E-state index is 13.0. The van der Waals surface area contributed by atoms with Gasteiger partial charge in [0, 0.05) is 50.4 Å². The molecule has 0 spiro atoms. The molecule has 7 nitrogen and oxygen atoms in total. The minimum absolute atomic E-state index is 0.123. The number of fused-ring (bicyclic) bond motifs is 2. The van der Waals surface area contributed by atoms with E-state index in [1.807, 2.05) is 4.90 Å². The molecule has 0 unspecified atom stereocenters. The van der Waals surface area contributed by atoms with Gasteiger partial charge in [0.25, 0.3) is 0 Å². The number of pyridine rings is 1. The molecule has 0 bridgehead atoms. The Bertz CT molecular complexity index is 1100. The predicted molar refractivity (Wildman–Crippen MR) is 146 cm³/mol. The highest BCUT2D eigenvalue weighted by molar-refractivity contribution is 5.76. The van der Waals surface area contributed by atoms with Gasteiger partial charge in [-0.25, -0.2) is 4.98 Å². The van der Waals surface area contributed by atoms with Crippen LogP contribution in [0, 0.1) is 17.8 Å². The van der Waals surface area contributed by atoms with Crippen molar-refractivity contribution in [2.24, 2.45) is 17.8 Å². The number of likely N-dealkylation sites (tertiary alicyclic amines) is 1. The number of rotatable bonds is 8. The van der Waals surface area contributed by atoms with Crippen molar-refractivity contribution >= 4 is 23.4 Å². The van der Waals surface area contributed by atoms with Gasteiger partial charge >= 0.3 is 5.97 Å². The number of piperidine rings is 1. The number of hydrogen-bond acceptors (Lipinski definition) is 6. The number of carbonyl (C=O) groups excluding carboxylic acids is 2. The fourth-order valence-corrected chi connectivity index (χ4v) is 6.29. The highest BCUT2D eigenvalue weighted by atomic mass is 16.5. The molecule has 3 aliphatic heterocycles. The van der Waals surface area contributed by atoms with Gasteiger partial charge in [0.2, 0.25) is 5.91 Å². The summed E-state index contributed by atoms with van der Waals surface area (Å²) in [6.07, 6.45) is 7.90. The third-order valence-electron chi connectivity index (χ3n) is 8.53. The number of methoxy groups -OCH3 is 1. The second-order valence-electron chi connectivity index (χ2n) is 10.9. The summed E-state index contributed by atoms with van der Waals surface area (Å²) in [4.78, 5) is 32.0. The summed E-state index contributed by atoms with van der Waals surface area (Å²) in [5.41, 5.74) is 4.81. The third-order valence-corrected chi connectivity index (χ3v) is 8.53. The Balaban J connectivity index is 1.12. The number of anilines is 2. The largest absolute Gasteiger partial charge is 0.469 e. The lowest BCUT2D eigenvalue weighted by atomic mass is 9.75. The second kappa shape index (κ2) is 12.0. The van der Waals surface area contributed by atoms with Crippen LogP contribution in [-0.4, -0.2) is 55.0 Å². The monoisotopic (exact) mass is 504 g/mol. The lowest BCUT2D eigenvalue weighted by molar-refractivity contribution is -0.142. The van der Waals surface area contributed by atoms with Crippen molar-refractivity contribution in [3.63, 3.8) is 0 Å². The smallest absolute Gasteiger partial charge is 0.305 e. The van der Waals surface area contributed by atoms with Crippen LogP contribution in [0.15, 0.2) is 36.4 Å². The lowest BCUT2D eigenvalue weighted by Crippen LogP contribution is -2.40. The average molecular weight is 505 g/mol. The van der Waals surface area contributed by atoms with Gasteiger partial charge in [-0.3, -0.25) is 9.59 Å². The van der Waals surface area contributed by atoms with E-state index in [0.29, 0.717) is 31.1 Å². The molecular weight excluding hydrogens is 464 g/mol. The Morgan fingerprint density at radius 2 is 1.95 bits per heavy atom. The molecule has 2 N–H and O–H groups in total. The number of ether oxygens (including phenoxy) is 1. The second-order valence-corrected chi connectivity index (χ2v) is 10.9. The van der Waals surface area contributed by atoms with Gasteiger partial charge in [-0.05, 0) is 86.0 Å². The molecule has 1 aromatic heterocycles. The number of aryl methyl sites for hydroxylation is 2. The van der Waals surface area contributed by atoms with E-state index in [2.05, 4.69) is 47.0 Å². The zero-order valence-electron chi connectivity index (χ0n) is 22.0. The Kier molecular flexibility index (Phi) is 8.27. The van der Waals surface area contributed by atoms with E-state index in [-0.39, 0.29) is 17.8 Å². The fraction of sp³-hybridized carbons (Fsp3) is 0.567. The van der Waals surface area contributed by atoms with E-state index in [0.717, 1.165) is 76.2 Å². The van der Waals surface area contributed by atoms with Crippen LogP contribution >= 0.6 is 0 Å². The van der Waals surface area contributed by atoms with E-state index in [1.54, 1.807) is 0 Å². The molecule has 0 saturated carbocycles. The number of esters is 1. The quantitative estimate of drug-likeness (QED) is 0.517. The summed E-state index contributed by atoms with van der Waals surface area (Å²) in [5.74, 6) is 2.32. The SMILES string of the molecule is COC(=O)C[C@H](CC1CCN(C(=O)CCc2ccc3c(n2)NCCC3)CC1)[C@H]1CNc2ccccc2C1. The van der Waals surface area contributed by atoms with Gasteiger partial charge in [0.1, 0.15) is 5.82 Å². The summed E-state index contributed by atoms with van der Waals surface area (Å²) in [7, 11) is 1.48. The first kappa shape index (κ1) is 25.6. The first-order valence-corrected chi connectivity index (χ1v) is 14.0. The van der Waals surface area contributed by atoms with Crippen molar-refractivity contribution in [2.45, 2.75) is 57.8 Å². The Morgan fingerprint density at radius 3 is 2.78 bits per heavy atom. The minimum atomic E-state index is -0.123. The summed E-state index contributed by atoms with van der Waals surface area (Å²) < 4.78 is 5.05. The molecule has 5 rings (SSSR count). The topological polar surface area (TPSA) is 83.6 Å². The normalized spacial score (nSPS) is 20.1. The van der Waals surface area contributed by atoms with Crippen LogP contribution in [0.5, 0.6) is 0 Å². The van der Waals surface area contributed by atoms with Gasteiger partial charge in [-0.1, -0.05) is 24.3 Å². The molecule has 3 aliphatic rings. The molecule has 1 fully saturated rings. The molecule has 7 heteroatoms. The molecule has 198 valence electrons.